The Hall–Kier alpha value is -1.26. The van der Waals surface area contributed by atoms with Gasteiger partial charge in [0.25, 0.3) is 0 Å². The zero-order valence-electron chi connectivity index (χ0n) is 10.2. The highest BCUT2D eigenvalue weighted by Gasteiger charge is 2.23. The van der Waals surface area contributed by atoms with Gasteiger partial charge < -0.3 is 14.0 Å². The van der Waals surface area contributed by atoms with Crippen molar-refractivity contribution < 1.29 is 9.47 Å². The number of methoxy groups -OCH3 is 1. The highest BCUT2D eigenvalue weighted by molar-refractivity contribution is 6.16. The molecule has 96 valence electrons. The van der Waals surface area contributed by atoms with Crippen LogP contribution < -0.4 is 4.74 Å². The Bertz CT molecular complexity index is 561. The highest BCUT2D eigenvalue weighted by atomic mass is 35.5. The third-order valence-electron chi connectivity index (χ3n) is 3.36. The molecule has 1 fully saturated rings. The van der Waals surface area contributed by atoms with E-state index >= 15 is 0 Å². The minimum Gasteiger partial charge on any atom is -0.497 e. The number of hydrogen-bond acceptors (Lipinski definition) is 3. The quantitative estimate of drug-likeness (QED) is 0.802. The fraction of sp³-hybridized carbons (Fsp3) is 0.462. The topological polar surface area (TPSA) is 36.3 Å². The van der Waals surface area contributed by atoms with Gasteiger partial charge in [0.15, 0.2) is 0 Å². The molecule has 1 aliphatic heterocycles. The van der Waals surface area contributed by atoms with Gasteiger partial charge in [-0.1, -0.05) is 0 Å². The van der Waals surface area contributed by atoms with E-state index in [0.717, 1.165) is 42.2 Å². The molecule has 3 rings (SSSR count). The van der Waals surface area contributed by atoms with E-state index in [2.05, 4.69) is 9.55 Å². The number of alkyl halides is 1. The predicted molar refractivity (Wildman–Crippen MR) is 70.3 cm³/mol. The molecule has 1 aromatic carbocycles. The van der Waals surface area contributed by atoms with E-state index in [1.807, 2.05) is 18.2 Å². The van der Waals surface area contributed by atoms with Crippen LogP contribution in [-0.2, 0) is 10.6 Å². The van der Waals surface area contributed by atoms with E-state index < -0.39 is 0 Å². The van der Waals surface area contributed by atoms with Crippen molar-refractivity contribution in [2.24, 2.45) is 0 Å². The van der Waals surface area contributed by atoms with Crippen molar-refractivity contribution in [3.05, 3.63) is 24.0 Å². The third kappa shape index (κ3) is 1.85. The molecule has 1 aliphatic rings. The van der Waals surface area contributed by atoms with E-state index in [0.29, 0.717) is 11.9 Å². The van der Waals surface area contributed by atoms with Crippen molar-refractivity contribution in [3.8, 4) is 5.75 Å². The molecule has 4 nitrogen and oxygen atoms in total. The summed E-state index contributed by atoms with van der Waals surface area (Å²) in [7, 11) is 1.67. The average Bonchev–Trinajstić information content (AvgIpc) is 3.03. The molecule has 0 amide bonds. The van der Waals surface area contributed by atoms with E-state index in [1.54, 1.807) is 7.11 Å². The number of rotatable bonds is 3. The Balaban J connectivity index is 2.17. The summed E-state index contributed by atoms with van der Waals surface area (Å²) in [5.74, 6) is 2.15. The molecule has 1 aromatic heterocycles. The smallest absolute Gasteiger partial charge is 0.125 e. The lowest BCUT2D eigenvalue weighted by molar-refractivity contribution is 0.187. The van der Waals surface area contributed by atoms with Crippen molar-refractivity contribution in [2.45, 2.75) is 18.3 Å². The molecule has 2 heterocycles. The molecule has 0 saturated carbocycles. The molecule has 18 heavy (non-hydrogen) atoms. The molecule has 1 saturated heterocycles. The summed E-state index contributed by atoms with van der Waals surface area (Å²) in [4.78, 5) is 4.57. The van der Waals surface area contributed by atoms with Crippen LogP contribution in [0, 0.1) is 0 Å². The van der Waals surface area contributed by atoms with Crippen LogP contribution in [0.5, 0.6) is 5.75 Å². The van der Waals surface area contributed by atoms with Gasteiger partial charge in [-0.05, 0) is 18.6 Å². The molecule has 2 aromatic rings. The number of aromatic nitrogens is 2. The fourth-order valence-corrected chi connectivity index (χ4v) is 2.67. The Labute approximate surface area is 110 Å². The Morgan fingerprint density at radius 1 is 1.56 bits per heavy atom. The molecule has 0 bridgehead atoms. The molecule has 0 N–H and O–H groups in total. The normalized spacial score (nSPS) is 19.6. The summed E-state index contributed by atoms with van der Waals surface area (Å²) in [6.07, 6.45) is 1.01. The summed E-state index contributed by atoms with van der Waals surface area (Å²) < 4.78 is 12.9. The lowest BCUT2D eigenvalue weighted by atomic mass is 10.2. The minimum absolute atomic E-state index is 0.329. The minimum atomic E-state index is 0.329. The van der Waals surface area contributed by atoms with Gasteiger partial charge in [-0.25, -0.2) is 4.98 Å². The summed E-state index contributed by atoms with van der Waals surface area (Å²) in [5.41, 5.74) is 2.03. The van der Waals surface area contributed by atoms with Crippen molar-refractivity contribution in [2.75, 3.05) is 20.3 Å². The van der Waals surface area contributed by atoms with Crippen molar-refractivity contribution >= 4 is 22.6 Å². The maximum Gasteiger partial charge on any atom is 0.125 e. The summed E-state index contributed by atoms with van der Waals surface area (Å²) in [6.45, 7) is 1.53. The van der Waals surface area contributed by atoms with E-state index in [1.165, 1.54) is 0 Å². The van der Waals surface area contributed by atoms with Crippen LogP contribution in [-0.4, -0.2) is 29.9 Å². The highest BCUT2D eigenvalue weighted by Crippen LogP contribution is 2.29. The Morgan fingerprint density at radius 2 is 2.44 bits per heavy atom. The first-order valence-electron chi connectivity index (χ1n) is 6.02. The molecule has 1 atom stereocenters. The molecule has 1 unspecified atom stereocenters. The number of benzene rings is 1. The van der Waals surface area contributed by atoms with Crippen molar-refractivity contribution in [1.82, 2.24) is 9.55 Å². The standard InChI is InChI=1S/C13H15ClN2O2/c1-17-10-2-3-11-12(6-10)16(13(7-14)15-11)9-4-5-18-8-9/h2-3,6,9H,4-5,7-8H2,1H3. The first kappa shape index (κ1) is 11.8. The predicted octanol–water partition coefficient (Wildman–Crippen LogP) is 2.75. The van der Waals surface area contributed by atoms with E-state index in [9.17, 15) is 0 Å². The van der Waals surface area contributed by atoms with Gasteiger partial charge in [-0.2, -0.15) is 0 Å². The number of nitrogens with zero attached hydrogens (tertiary/aromatic N) is 2. The van der Waals surface area contributed by atoms with Gasteiger partial charge in [-0.3, -0.25) is 0 Å². The number of halogens is 1. The zero-order chi connectivity index (χ0) is 12.5. The third-order valence-corrected chi connectivity index (χ3v) is 3.60. The van der Waals surface area contributed by atoms with Gasteiger partial charge >= 0.3 is 0 Å². The summed E-state index contributed by atoms with van der Waals surface area (Å²) in [6, 6.07) is 6.23. The summed E-state index contributed by atoms with van der Waals surface area (Å²) >= 11 is 6.00. The van der Waals surface area contributed by atoms with Crippen LogP contribution in [0.4, 0.5) is 0 Å². The molecule has 5 heteroatoms. The largest absolute Gasteiger partial charge is 0.497 e. The van der Waals surface area contributed by atoms with Crippen LogP contribution in [0.3, 0.4) is 0 Å². The molecule has 0 radical (unpaired) electrons. The van der Waals surface area contributed by atoms with Crippen LogP contribution in [0.15, 0.2) is 18.2 Å². The monoisotopic (exact) mass is 266 g/mol. The lowest BCUT2D eigenvalue weighted by Gasteiger charge is -2.14. The van der Waals surface area contributed by atoms with Gasteiger partial charge in [0, 0.05) is 12.7 Å². The fourth-order valence-electron chi connectivity index (χ4n) is 2.48. The maximum atomic E-state index is 6.00. The first-order valence-corrected chi connectivity index (χ1v) is 6.55. The molecular weight excluding hydrogens is 252 g/mol. The lowest BCUT2D eigenvalue weighted by Crippen LogP contribution is -2.11. The number of hydrogen-bond donors (Lipinski definition) is 0. The van der Waals surface area contributed by atoms with Gasteiger partial charge in [0.1, 0.15) is 11.6 Å². The second-order valence-electron chi connectivity index (χ2n) is 4.40. The SMILES string of the molecule is COc1ccc2nc(CCl)n(C3CCOC3)c2c1. The number of fused-ring (bicyclic) bond motifs is 1. The molecule has 0 aliphatic carbocycles. The van der Waals surface area contributed by atoms with Crippen LogP contribution in [0.1, 0.15) is 18.3 Å². The van der Waals surface area contributed by atoms with Gasteiger partial charge in [0.05, 0.1) is 36.7 Å². The second kappa shape index (κ2) is 4.78. The van der Waals surface area contributed by atoms with Crippen LogP contribution in [0.2, 0.25) is 0 Å². The number of imidazole rings is 1. The van der Waals surface area contributed by atoms with Crippen molar-refractivity contribution in [3.63, 3.8) is 0 Å². The Kier molecular flexibility index (Phi) is 3.14. The van der Waals surface area contributed by atoms with Gasteiger partial charge in [0.2, 0.25) is 0 Å². The molecular formula is C13H15ClN2O2. The second-order valence-corrected chi connectivity index (χ2v) is 4.67. The van der Waals surface area contributed by atoms with Crippen molar-refractivity contribution in [1.29, 1.82) is 0 Å². The van der Waals surface area contributed by atoms with Crippen LogP contribution in [0.25, 0.3) is 11.0 Å². The first-order chi connectivity index (χ1) is 8.83. The Morgan fingerprint density at radius 3 is 3.11 bits per heavy atom. The maximum absolute atomic E-state index is 6.00. The van der Waals surface area contributed by atoms with Crippen LogP contribution >= 0.6 is 11.6 Å². The summed E-state index contributed by atoms with van der Waals surface area (Å²) in [5, 5.41) is 0. The van der Waals surface area contributed by atoms with E-state index in [-0.39, 0.29) is 0 Å². The zero-order valence-corrected chi connectivity index (χ0v) is 11.0. The number of ether oxygens (including phenoxy) is 2. The molecule has 0 spiro atoms. The van der Waals surface area contributed by atoms with Gasteiger partial charge in [-0.15, -0.1) is 11.6 Å². The van der Waals surface area contributed by atoms with E-state index in [4.69, 9.17) is 21.1 Å². The average molecular weight is 267 g/mol.